The number of rotatable bonds is 4. The lowest BCUT2D eigenvalue weighted by Crippen LogP contribution is -2.48. The molecule has 0 aromatic heterocycles. The summed E-state index contributed by atoms with van der Waals surface area (Å²) in [5.41, 5.74) is -1.21. The normalized spacial score (nSPS) is 13.5. The molecule has 1 aromatic rings. The van der Waals surface area contributed by atoms with E-state index in [0.717, 1.165) is 6.07 Å². The molecule has 0 saturated carbocycles. The van der Waals surface area contributed by atoms with Crippen LogP contribution in [0.2, 0.25) is 5.02 Å². The Balaban J connectivity index is 2.96. The van der Waals surface area contributed by atoms with Crippen LogP contribution in [0.3, 0.4) is 0 Å². The fraction of sp³-hybridized carbons (Fsp3) is 0.333. The summed E-state index contributed by atoms with van der Waals surface area (Å²) in [4.78, 5) is 11.9. The second-order valence-corrected chi connectivity index (χ2v) is 4.31. The molecular weight excluding hydrogens is 259 g/mol. The van der Waals surface area contributed by atoms with Crippen molar-refractivity contribution in [1.29, 1.82) is 5.26 Å². The molecule has 0 unspecified atom stereocenters. The average Bonchev–Trinajstić information content (AvgIpc) is 2.32. The van der Waals surface area contributed by atoms with Crippen LogP contribution in [0.1, 0.15) is 17.3 Å². The van der Waals surface area contributed by atoms with Gasteiger partial charge in [0.05, 0.1) is 23.3 Å². The summed E-state index contributed by atoms with van der Waals surface area (Å²) in [5, 5.41) is 11.2. The highest BCUT2D eigenvalue weighted by molar-refractivity contribution is 6.34. The third-order valence-electron chi connectivity index (χ3n) is 2.27. The summed E-state index contributed by atoms with van der Waals surface area (Å²) in [6, 6.07) is 5.82. The second-order valence-electron chi connectivity index (χ2n) is 3.93. The molecule has 0 aliphatic heterocycles. The quantitative estimate of drug-likeness (QED) is 0.912. The van der Waals surface area contributed by atoms with Gasteiger partial charge in [0, 0.05) is 7.11 Å². The summed E-state index contributed by atoms with van der Waals surface area (Å²) >= 11 is 5.69. The number of nitrogens with zero attached hydrogens (tertiary/aromatic N) is 1. The highest BCUT2D eigenvalue weighted by atomic mass is 35.5. The molecule has 1 N–H and O–H groups in total. The number of ether oxygens (including phenoxy) is 1. The predicted molar refractivity (Wildman–Crippen MR) is 64.8 cm³/mol. The van der Waals surface area contributed by atoms with Crippen molar-refractivity contribution in [3.05, 3.63) is 34.6 Å². The molecule has 4 nitrogen and oxygen atoms in total. The van der Waals surface area contributed by atoms with E-state index in [-0.39, 0.29) is 17.2 Å². The van der Waals surface area contributed by atoms with Crippen molar-refractivity contribution in [2.24, 2.45) is 0 Å². The largest absolute Gasteiger partial charge is 0.381 e. The first-order valence-electron chi connectivity index (χ1n) is 5.10. The smallest absolute Gasteiger partial charge is 0.254 e. The number of carbonyl (C=O) groups is 1. The van der Waals surface area contributed by atoms with Crippen LogP contribution >= 0.6 is 11.6 Å². The van der Waals surface area contributed by atoms with Crippen molar-refractivity contribution >= 4 is 17.5 Å². The standard InChI is InChI=1S/C12H12ClFN2O2/c1-12(6-15,7-18-2)16-11(17)8-4-3-5-9(14)10(8)13/h3-5H,7H2,1-2H3,(H,16,17)/t12-/m1/s1. The molecule has 0 fully saturated rings. The van der Waals surface area contributed by atoms with Crippen LogP contribution in [0.5, 0.6) is 0 Å². The number of halogens is 2. The first-order valence-corrected chi connectivity index (χ1v) is 5.48. The number of nitrogens with one attached hydrogen (secondary N) is 1. The molecule has 1 aromatic carbocycles. The highest BCUT2D eigenvalue weighted by Crippen LogP contribution is 2.20. The van der Waals surface area contributed by atoms with Gasteiger partial charge in [-0.2, -0.15) is 5.26 Å². The predicted octanol–water partition coefficient (Wildman–Crippen LogP) is 2.14. The molecule has 0 heterocycles. The molecule has 0 radical (unpaired) electrons. The maximum Gasteiger partial charge on any atom is 0.254 e. The third-order valence-corrected chi connectivity index (χ3v) is 2.65. The van der Waals surface area contributed by atoms with Gasteiger partial charge in [0.1, 0.15) is 11.4 Å². The lowest BCUT2D eigenvalue weighted by atomic mass is 10.1. The number of benzene rings is 1. The van der Waals surface area contributed by atoms with Crippen molar-refractivity contribution in [2.75, 3.05) is 13.7 Å². The molecule has 0 aliphatic rings. The number of hydrogen-bond acceptors (Lipinski definition) is 3. The van der Waals surface area contributed by atoms with Gasteiger partial charge in [-0.05, 0) is 19.1 Å². The van der Waals surface area contributed by atoms with Gasteiger partial charge in [0.2, 0.25) is 0 Å². The van der Waals surface area contributed by atoms with Gasteiger partial charge in [0.15, 0.2) is 0 Å². The topological polar surface area (TPSA) is 62.1 Å². The Morgan fingerprint density at radius 2 is 2.33 bits per heavy atom. The minimum absolute atomic E-state index is 0.0160. The summed E-state index contributed by atoms with van der Waals surface area (Å²) in [7, 11) is 1.41. The zero-order valence-electron chi connectivity index (χ0n) is 9.96. The lowest BCUT2D eigenvalue weighted by molar-refractivity contribution is 0.0860. The molecular formula is C12H12ClFN2O2. The second kappa shape index (κ2) is 5.80. The van der Waals surface area contributed by atoms with Crippen LogP contribution in [-0.2, 0) is 4.74 Å². The Kier molecular flexibility index (Phi) is 4.65. The molecule has 1 rings (SSSR count). The highest BCUT2D eigenvalue weighted by Gasteiger charge is 2.27. The summed E-state index contributed by atoms with van der Waals surface area (Å²) in [6.07, 6.45) is 0. The number of hydrogen-bond donors (Lipinski definition) is 1. The third kappa shape index (κ3) is 3.19. The summed E-state index contributed by atoms with van der Waals surface area (Å²) in [5.74, 6) is -1.31. The molecule has 0 saturated heterocycles. The SMILES string of the molecule is COC[C@@](C)(C#N)NC(=O)c1cccc(F)c1Cl. The van der Waals surface area contributed by atoms with E-state index in [4.69, 9.17) is 21.6 Å². The van der Waals surface area contributed by atoms with Crippen LogP contribution in [0.4, 0.5) is 4.39 Å². The van der Waals surface area contributed by atoms with E-state index in [9.17, 15) is 9.18 Å². The minimum Gasteiger partial charge on any atom is -0.381 e. The van der Waals surface area contributed by atoms with Gasteiger partial charge >= 0.3 is 0 Å². The number of amides is 1. The van der Waals surface area contributed by atoms with Gasteiger partial charge < -0.3 is 10.1 Å². The van der Waals surface area contributed by atoms with Crippen LogP contribution < -0.4 is 5.32 Å². The molecule has 1 atom stereocenters. The van der Waals surface area contributed by atoms with E-state index in [2.05, 4.69) is 5.32 Å². The molecule has 0 bridgehead atoms. The van der Waals surface area contributed by atoms with Gasteiger partial charge in [-0.3, -0.25) is 4.79 Å². The van der Waals surface area contributed by atoms with Crippen molar-refractivity contribution in [2.45, 2.75) is 12.5 Å². The zero-order valence-corrected chi connectivity index (χ0v) is 10.7. The summed E-state index contributed by atoms with van der Waals surface area (Å²) < 4.78 is 18.0. The Bertz CT molecular complexity index is 501. The fourth-order valence-corrected chi connectivity index (χ4v) is 1.59. The number of carbonyl (C=O) groups excluding carboxylic acids is 1. The first kappa shape index (κ1) is 14.4. The molecule has 0 aliphatic carbocycles. The van der Waals surface area contributed by atoms with Crippen molar-refractivity contribution in [3.63, 3.8) is 0 Å². The van der Waals surface area contributed by atoms with Gasteiger partial charge in [-0.15, -0.1) is 0 Å². The van der Waals surface area contributed by atoms with Crippen LogP contribution in [0.15, 0.2) is 18.2 Å². The molecule has 96 valence electrons. The van der Waals surface area contributed by atoms with Gasteiger partial charge in [-0.25, -0.2) is 4.39 Å². The lowest BCUT2D eigenvalue weighted by Gasteiger charge is -2.22. The van der Waals surface area contributed by atoms with E-state index in [1.54, 1.807) is 0 Å². The fourth-order valence-electron chi connectivity index (χ4n) is 1.38. The van der Waals surface area contributed by atoms with Gasteiger partial charge in [0.25, 0.3) is 5.91 Å². The Morgan fingerprint density at radius 3 is 2.89 bits per heavy atom. The van der Waals surface area contributed by atoms with Crippen molar-refractivity contribution < 1.29 is 13.9 Å². The van der Waals surface area contributed by atoms with E-state index in [0.29, 0.717) is 0 Å². The molecule has 0 spiro atoms. The Hall–Kier alpha value is -1.64. The van der Waals surface area contributed by atoms with Crippen LogP contribution in [0, 0.1) is 17.1 Å². The molecule has 6 heteroatoms. The van der Waals surface area contributed by atoms with Crippen molar-refractivity contribution in [1.82, 2.24) is 5.32 Å². The Labute approximate surface area is 109 Å². The average molecular weight is 271 g/mol. The molecule has 18 heavy (non-hydrogen) atoms. The van der Waals surface area contributed by atoms with E-state index in [1.165, 1.54) is 26.2 Å². The number of nitriles is 1. The number of methoxy groups -OCH3 is 1. The van der Waals surface area contributed by atoms with E-state index in [1.807, 2.05) is 6.07 Å². The van der Waals surface area contributed by atoms with E-state index < -0.39 is 17.3 Å². The molecule has 1 amide bonds. The van der Waals surface area contributed by atoms with Crippen LogP contribution in [0.25, 0.3) is 0 Å². The monoisotopic (exact) mass is 270 g/mol. The van der Waals surface area contributed by atoms with Crippen LogP contribution in [-0.4, -0.2) is 25.2 Å². The van der Waals surface area contributed by atoms with Crippen molar-refractivity contribution in [3.8, 4) is 6.07 Å². The zero-order chi connectivity index (χ0) is 13.8. The maximum atomic E-state index is 13.2. The minimum atomic E-state index is -1.19. The maximum absolute atomic E-state index is 13.2. The Morgan fingerprint density at radius 1 is 1.67 bits per heavy atom. The van der Waals surface area contributed by atoms with E-state index >= 15 is 0 Å². The van der Waals surface area contributed by atoms with Gasteiger partial charge in [-0.1, -0.05) is 17.7 Å². The first-order chi connectivity index (χ1) is 8.43. The summed E-state index contributed by atoms with van der Waals surface area (Å²) in [6.45, 7) is 1.52.